The number of nitrogens with one attached hydrogen (secondary N) is 1. The van der Waals surface area contributed by atoms with E-state index >= 15 is 0 Å². The molecule has 10 heteroatoms. The summed E-state index contributed by atoms with van der Waals surface area (Å²) in [6, 6.07) is 2.28. The zero-order valence-electron chi connectivity index (χ0n) is 13.2. The summed E-state index contributed by atoms with van der Waals surface area (Å²) in [5.74, 6) is -2.74. The summed E-state index contributed by atoms with van der Waals surface area (Å²) in [4.78, 5) is 24.0. The molecular weight excluding hydrogens is 356 g/mol. The van der Waals surface area contributed by atoms with Crippen LogP contribution in [-0.4, -0.2) is 61.7 Å². The molecule has 0 radical (unpaired) electrons. The number of sulfonamides is 1. The molecule has 1 atom stereocenters. The highest BCUT2D eigenvalue weighted by Crippen LogP contribution is 2.24. The van der Waals surface area contributed by atoms with Gasteiger partial charge in [-0.3, -0.25) is 9.59 Å². The maximum Gasteiger partial charge on any atom is 0.249 e. The number of halogens is 2. The molecule has 2 fully saturated rings. The van der Waals surface area contributed by atoms with E-state index in [1.54, 1.807) is 0 Å². The number of rotatable bonds is 3. The summed E-state index contributed by atoms with van der Waals surface area (Å²) >= 11 is 0. The molecule has 2 heterocycles. The second kappa shape index (κ2) is 6.68. The second-order valence-corrected chi connectivity index (χ2v) is 7.81. The van der Waals surface area contributed by atoms with Crippen molar-refractivity contribution in [3.05, 3.63) is 29.8 Å². The van der Waals surface area contributed by atoms with E-state index in [0.29, 0.717) is 6.42 Å². The highest BCUT2D eigenvalue weighted by molar-refractivity contribution is 7.89. The summed E-state index contributed by atoms with van der Waals surface area (Å²) in [7, 11) is -4.32. The van der Waals surface area contributed by atoms with Gasteiger partial charge in [-0.1, -0.05) is 6.07 Å². The zero-order valence-corrected chi connectivity index (χ0v) is 14.1. The van der Waals surface area contributed by atoms with Gasteiger partial charge in [0.05, 0.1) is 0 Å². The van der Waals surface area contributed by atoms with Crippen LogP contribution in [0.2, 0.25) is 0 Å². The lowest BCUT2D eigenvalue weighted by molar-refractivity contribution is -0.135. The number of nitrogens with zero attached hydrogens (tertiary/aromatic N) is 2. The zero-order chi connectivity index (χ0) is 18.2. The molecule has 2 amide bonds. The molecular formula is C15H17F2N3O4S. The van der Waals surface area contributed by atoms with Gasteiger partial charge in [0.15, 0.2) is 4.90 Å². The third-order valence-corrected chi connectivity index (χ3v) is 6.31. The first-order valence-corrected chi connectivity index (χ1v) is 9.27. The molecule has 1 N–H and O–H groups in total. The van der Waals surface area contributed by atoms with Crippen molar-refractivity contribution >= 4 is 21.8 Å². The van der Waals surface area contributed by atoms with Crippen molar-refractivity contribution in [1.82, 2.24) is 14.5 Å². The Bertz CT molecular complexity index is 787. The first-order chi connectivity index (χ1) is 11.8. The Morgan fingerprint density at radius 3 is 2.24 bits per heavy atom. The lowest BCUT2D eigenvalue weighted by atomic mass is 10.2. The molecule has 0 aliphatic carbocycles. The average Bonchev–Trinajstić information content (AvgIpc) is 3.00. The van der Waals surface area contributed by atoms with E-state index in [2.05, 4.69) is 5.32 Å². The van der Waals surface area contributed by atoms with E-state index in [1.165, 1.54) is 4.90 Å². The van der Waals surface area contributed by atoms with Crippen LogP contribution in [0.25, 0.3) is 0 Å². The smallest absolute Gasteiger partial charge is 0.249 e. The molecule has 2 saturated heterocycles. The summed E-state index contributed by atoms with van der Waals surface area (Å²) in [5, 5.41) is 2.57. The highest BCUT2D eigenvalue weighted by Gasteiger charge is 2.36. The van der Waals surface area contributed by atoms with E-state index in [4.69, 9.17) is 0 Å². The molecule has 136 valence electrons. The lowest BCUT2D eigenvalue weighted by Crippen LogP contribution is -2.54. The van der Waals surface area contributed by atoms with E-state index in [-0.39, 0.29) is 44.4 Å². The van der Waals surface area contributed by atoms with Gasteiger partial charge in [-0.15, -0.1) is 0 Å². The van der Waals surface area contributed by atoms with Crippen molar-refractivity contribution in [2.24, 2.45) is 0 Å². The third-order valence-electron chi connectivity index (χ3n) is 4.36. The van der Waals surface area contributed by atoms with Crippen LogP contribution in [0.4, 0.5) is 8.78 Å². The maximum atomic E-state index is 13.8. The standard InChI is InChI=1S/C15H17F2N3O4S/c16-10-2-1-3-11(17)14(10)25(23,24)20-8-6-19(7-9-20)15(22)12-4-5-13(21)18-12/h1-3,12H,4-9H2,(H,18,21)/t12-/m1/s1. The Labute approximate surface area is 143 Å². The molecule has 7 nitrogen and oxygen atoms in total. The normalized spacial score (nSPS) is 22.1. The minimum Gasteiger partial charge on any atom is -0.344 e. The SMILES string of the molecule is O=C1CC[C@H](C(=O)N2CCN(S(=O)(=O)c3c(F)cccc3F)CC2)N1. The molecule has 0 saturated carbocycles. The number of hydrogen-bond acceptors (Lipinski definition) is 4. The summed E-state index contributed by atoms with van der Waals surface area (Å²) < 4.78 is 53.5. The first kappa shape index (κ1) is 17.7. The van der Waals surface area contributed by atoms with E-state index in [9.17, 15) is 26.8 Å². The fourth-order valence-corrected chi connectivity index (χ4v) is 4.56. The molecule has 25 heavy (non-hydrogen) atoms. The third kappa shape index (κ3) is 3.36. The minimum absolute atomic E-state index is 0.0670. The van der Waals surface area contributed by atoms with E-state index in [0.717, 1.165) is 22.5 Å². The number of benzene rings is 1. The van der Waals surface area contributed by atoms with Crippen molar-refractivity contribution in [2.45, 2.75) is 23.8 Å². The van der Waals surface area contributed by atoms with Crippen LogP contribution in [0, 0.1) is 11.6 Å². The van der Waals surface area contributed by atoms with Gasteiger partial charge in [-0.2, -0.15) is 4.31 Å². The number of carbonyl (C=O) groups excluding carboxylic acids is 2. The molecule has 2 aliphatic rings. The number of amides is 2. The van der Waals surface area contributed by atoms with Crippen molar-refractivity contribution in [3.8, 4) is 0 Å². The van der Waals surface area contributed by atoms with E-state index < -0.39 is 32.6 Å². The Balaban J connectivity index is 1.69. The van der Waals surface area contributed by atoms with Crippen LogP contribution in [-0.2, 0) is 19.6 Å². The molecule has 1 aromatic rings. The Kier molecular flexibility index (Phi) is 4.74. The van der Waals surface area contributed by atoms with Crippen LogP contribution in [0.1, 0.15) is 12.8 Å². The molecule has 2 aliphatic heterocycles. The number of carbonyl (C=O) groups is 2. The maximum absolute atomic E-state index is 13.8. The van der Waals surface area contributed by atoms with Gasteiger partial charge < -0.3 is 10.2 Å². The van der Waals surface area contributed by atoms with Crippen LogP contribution in [0.3, 0.4) is 0 Å². The Morgan fingerprint density at radius 2 is 1.72 bits per heavy atom. The fraction of sp³-hybridized carbons (Fsp3) is 0.467. The predicted octanol–water partition coefficient (Wildman–Crippen LogP) is 0.0763. The van der Waals surface area contributed by atoms with E-state index in [1.807, 2.05) is 0 Å². The largest absolute Gasteiger partial charge is 0.344 e. The molecule has 1 aromatic carbocycles. The van der Waals surface area contributed by atoms with Gasteiger partial charge in [0.25, 0.3) is 0 Å². The quantitative estimate of drug-likeness (QED) is 0.813. The Morgan fingerprint density at radius 1 is 1.12 bits per heavy atom. The van der Waals surface area contributed by atoms with Gasteiger partial charge in [0.1, 0.15) is 17.7 Å². The first-order valence-electron chi connectivity index (χ1n) is 7.83. The van der Waals surface area contributed by atoms with Crippen molar-refractivity contribution in [2.75, 3.05) is 26.2 Å². The van der Waals surface area contributed by atoms with Gasteiger partial charge in [-0.05, 0) is 18.6 Å². The van der Waals surface area contributed by atoms with Crippen molar-refractivity contribution in [3.63, 3.8) is 0 Å². The summed E-state index contributed by atoms with van der Waals surface area (Å²) in [6.07, 6.45) is 0.702. The molecule has 0 unspecified atom stereocenters. The molecule has 0 aromatic heterocycles. The van der Waals surface area contributed by atoms with Gasteiger partial charge in [0.2, 0.25) is 21.8 Å². The summed E-state index contributed by atoms with van der Waals surface area (Å²) in [6.45, 7) is 0.0615. The van der Waals surface area contributed by atoms with Crippen LogP contribution in [0.15, 0.2) is 23.1 Å². The molecule has 0 spiro atoms. The second-order valence-electron chi connectivity index (χ2n) is 5.94. The lowest BCUT2D eigenvalue weighted by Gasteiger charge is -2.35. The summed E-state index contributed by atoms with van der Waals surface area (Å²) in [5.41, 5.74) is 0. The minimum atomic E-state index is -4.32. The van der Waals surface area contributed by atoms with Gasteiger partial charge >= 0.3 is 0 Å². The number of piperazine rings is 1. The highest BCUT2D eigenvalue weighted by atomic mass is 32.2. The van der Waals surface area contributed by atoms with Crippen LogP contribution in [0.5, 0.6) is 0 Å². The Hall–Kier alpha value is -2.07. The average molecular weight is 373 g/mol. The predicted molar refractivity (Wildman–Crippen MR) is 82.9 cm³/mol. The fourth-order valence-electron chi connectivity index (χ4n) is 3.03. The molecule has 3 rings (SSSR count). The van der Waals surface area contributed by atoms with Crippen LogP contribution < -0.4 is 5.32 Å². The monoisotopic (exact) mass is 373 g/mol. The topological polar surface area (TPSA) is 86.8 Å². The van der Waals surface area contributed by atoms with Gasteiger partial charge in [-0.25, -0.2) is 17.2 Å². The van der Waals surface area contributed by atoms with Gasteiger partial charge in [0, 0.05) is 32.6 Å². The number of hydrogen-bond donors (Lipinski definition) is 1. The van der Waals surface area contributed by atoms with Crippen molar-refractivity contribution < 1.29 is 26.8 Å². The van der Waals surface area contributed by atoms with Crippen LogP contribution >= 0.6 is 0 Å². The molecule has 0 bridgehead atoms. The van der Waals surface area contributed by atoms with Crippen molar-refractivity contribution in [1.29, 1.82) is 0 Å².